The molecular weight excluding hydrogens is 262 g/mol. The van der Waals surface area contributed by atoms with Crippen LogP contribution < -0.4 is 10.1 Å². The van der Waals surface area contributed by atoms with Gasteiger partial charge in [-0.3, -0.25) is 0 Å². The number of hydrogen-bond donors (Lipinski definition) is 2. The monoisotopic (exact) mass is 283 g/mol. The van der Waals surface area contributed by atoms with Crippen molar-refractivity contribution in [2.75, 3.05) is 13.2 Å². The van der Waals surface area contributed by atoms with Gasteiger partial charge in [0, 0.05) is 17.6 Å². The van der Waals surface area contributed by atoms with E-state index in [1.165, 1.54) is 6.42 Å². The van der Waals surface area contributed by atoms with Crippen LogP contribution in [0.3, 0.4) is 0 Å². The van der Waals surface area contributed by atoms with Crippen molar-refractivity contribution in [3.63, 3.8) is 0 Å². The summed E-state index contributed by atoms with van der Waals surface area (Å²) in [5.74, 6) is 0.841. The molecule has 1 saturated carbocycles. The fraction of sp³-hybridized carbons (Fsp3) is 0.600. The van der Waals surface area contributed by atoms with Gasteiger partial charge in [0.05, 0.1) is 6.10 Å². The molecule has 4 heteroatoms. The molecule has 1 aliphatic carbocycles. The summed E-state index contributed by atoms with van der Waals surface area (Å²) in [6.45, 7) is 3.32. The van der Waals surface area contributed by atoms with Crippen molar-refractivity contribution in [1.29, 1.82) is 0 Å². The number of hydrogen-bond acceptors (Lipinski definition) is 3. The Hall–Kier alpha value is -0.770. The Morgan fingerprint density at radius 1 is 1.37 bits per heavy atom. The average molecular weight is 284 g/mol. The van der Waals surface area contributed by atoms with Crippen LogP contribution in [-0.2, 0) is 0 Å². The Kier molecular flexibility index (Phi) is 5.49. The minimum absolute atomic E-state index is 0.202. The second-order valence-corrected chi connectivity index (χ2v) is 5.58. The lowest BCUT2D eigenvalue weighted by Crippen LogP contribution is -2.43. The van der Waals surface area contributed by atoms with Crippen LogP contribution in [0.5, 0.6) is 5.75 Å². The van der Waals surface area contributed by atoms with Crippen LogP contribution in [0.15, 0.2) is 18.2 Å². The Bertz CT molecular complexity index is 411. The Balaban J connectivity index is 1.70. The molecule has 2 rings (SSSR count). The number of aliphatic hydroxyl groups excluding tert-OH is 1. The normalized spacial score (nSPS) is 23.3. The van der Waals surface area contributed by atoms with E-state index in [1.807, 2.05) is 25.1 Å². The first kappa shape index (κ1) is 14.6. The summed E-state index contributed by atoms with van der Waals surface area (Å²) in [7, 11) is 0. The van der Waals surface area contributed by atoms with Crippen molar-refractivity contribution >= 4 is 11.6 Å². The molecule has 0 bridgehead atoms. The van der Waals surface area contributed by atoms with E-state index < -0.39 is 0 Å². The highest BCUT2D eigenvalue weighted by atomic mass is 35.5. The maximum atomic E-state index is 9.83. The number of rotatable bonds is 5. The van der Waals surface area contributed by atoms with Gasteiger partial charge in [0.15, 0.2) is 0 Å². The standard InChI is InChI=1S/C15H22ClNO2/c1-11-10-12(6-7-13(11)16)19-9-8-17-14-4-2-3-5-15(14)18/h6-7,10,14-15,17-18H,2-5,8-9H2,1H3/t14-,15-/m0/s1. The number of aryl methyl sites for hydroxylation is 1. The predicted octanol–water partition coefficient (Wildman–Crippen LogP) is 2.92. The van der Waals surface area contributed by atoms with Crippen LogP contribution in [0.4, 0.5) is 0 Å². The maximum Gasteiger partial charge on any atom is 0.119 e. The first-order valence-electron chi connectivity index (χ1n) is 6.97. The molecule has 0 unspecified atom stereocenters. The summed E-state index contributed by atoms with van der Waals surface area (Å²) in [5, 5.41) is 14.0. The molecule has 0 saturated heterocycles. The molecule has 0 aliphatic heterocycles. The van der Waals surface area contributed by atoms with Gasteiger partial charge in [-0.1, -0.05) is 24.4 Å². The third-order valence-corrected chi connectivity index (χ3v) is 4.06. The van der Waals surface area contributed by atoms with Gasteiger partial charge in [-0.2, -0.15) is 0 Å². The highest BCUT2D eigenvalue weighted by molar-refractivity contribution is 6.31. The van der Waals surface area contributed by atoms with Crippen LogP contribution in [0, 0.1) is 6.92 Å². The zero-order valence-corrected chi connectivity index (χ0v) is 12.1. The summed E-state index contributed by atoms with van der Waals surface area (Å²) in [6, 6.07) is 5.90. The number of nitrogens with one attached hydrogen (secondary N) is 1. The summed E-state index contributed by atoms with van der Waals surface area (Å²) in [4.78, 5) is 0. The van der Waals surface area contributed by atoms with Crippen molar-refractivity contribution in [2.45, 2.75) is 44.8 Å². The van der Waals surface area contributed by atoms with Gasteiger partial charge in [0.2, 0.25) is 0 Å². The van der Waals surface area contributed by atoms with Gasteiger partial charge >= 0.3 is 0 Å². The third kappa shape index (κ3) is 4.37. The van der Waals surface area contributed by atoms with E-state index in [9.17, 15) is 5.11 Å². The summed E-state index contributed by atoms with van der Waals surface area (Å²) >= 11 is 5.96. The molecule has 1 aromatic rings. The van der Waals surface area contributed by atoms with E-state index in [4.69, 9.17) is 16.3 Å². The van der Waals surface area contributed by atoms with Crippen molar-refractivity contribution < 1.29 is 9.84 Å². The molecule has 1 aliphatic rings. The van der Waals surface area contributed by atoms with Crippen LogP contribution in [-0.4, -0.2) is 30.4 Å². The molecular formula is C15H22ClNO2. The van der Waals surface area contributed by atoms with Crippen LogP contribution in [0.2, 0.25) is 5.02 Å². The lowest BCUT2D eigenvalue weighted by Gasteiger charge is -2.28. The fourth-order valence-electron chi connectivity index (χ4n) is 2.47. The second-order valence-electron chi connectivity index (χ2n) is 5.17. The van der Waals surface area contributed by atoms with E-state index >= 15 is 0 Å². The topological polar surface area (TPSA) is 41.5 Å². The molecule has 0 aromatic heterocycles. The van der Waals surface area contributed by atoms with E-state index in [2.05, 4.69) is 5.32 Å². The number of halogens is 1. The maximum absolute atomic E-state index is 9.83. The molecule has 106 valence electrons. The minimum Gasteiger partial charge on any atom is -0.492 e. The Morgan fingerprint density at radius 2 is 2.16 bits per heavy atom. The first-order chi connectivity index (χ1) is 9.16. The van der Waals surface area contributed by atoms with E-state index in [0.717, 1.165) is 42.1 Å². The second kappa shape index (κ2) is 7.13. The Morgan fingerprint density at radius 3 is 2.89 bits per heavy atom. The number of aliphatic hydroxyl groups is 1. The molecule has 0 spiro atoms. The van der Waals surface area contributed by atoms with Gasteiger partial charge in [0.1, 0.15) is 12.4 Å². The minimum atomic E-state index is -0.202. The summed E-state index contributed by atoms with van der Waals surface area (Å²) in [5.41, 5.74) is 1.02. The summed E-state index contributed by atoms with van der Waals surface area (Å²) in [6.07, 6.45) is 4.11. The van der Waals surface area contributed by atoms with E-state index in [0.29, 0.717) is 6.61 Å². The van der Waals surface area contributed by atoms with E-state index in [-0.39, 0.29) is 12.1 Å². The van der Waals surface area contributed by atoms with Gasteiger partial charge < -0.3 is 15.2 Å². The molecule has 1 aromatic carbocycles. The van der Waals surface area contributed by atoms with Crippen LogP contribution in [0.1, 0.15) is 31.2 Å². The van der Waals surface area contributed by atoms with Gasteiger partial charge in [-0.25, -0.2) is 0 Å². The van der Waals surface area contributed by atoms with Crippen molar-refractivity contribution in [2.24, 2.45) is 0 Å². The first-order valence-corrected chi connectivity index (χ1v) is 7.35. The lowest BCUT2D eigenvalue weighted by molar-refractivity contribution is 0.0890. The number of ether oxygens (including phenoxy) is 1. The Labute approximate surface area is 119 Å². The quantitative estimate of drug-likeness (QED) is 0.817. The fourth-order valence-corrected chi connectivity index (χ4v) is 2.59. The van der Waals surface area contributed by atoms with Crippen molar-refractivity contribution in [3.05, 3.63) is 28.8 Å². The smallest absolute Gasteiger partial charge is 0.119 e. The van der Waals surface area contributed by atoms with Crippen LogP contribution in [0.25, 0.3) is 0 Å². The highest BCUT2D eigenvalue weighted by Gasteiger charge is 2.21. The molecule has 19 heavy (non-hydrogen) atoms. The molecule has 3 nitrogen and oxygen atoms in total. The molecule has 1 fully saturated rings. The molecule has 0 radical (unpaired) electrons. The van der Waals surface area contributed by atoms with Gasteiger partial charge in [-0.15, -0.1) is 0 Å². The summed E-state index contributed by atoms with van der Waals surface area (Å²) < 4.78 is 5.67. The van der Waals surface area contributed by atoms with Crippen molar-refractivity contribution in [1.82, 2.24) is 5.32 Å². The molecule has 0 heterocycles. The molecule has 2 atom stereocenters. The highest BCUT2D eigenvalue weighted by Crippen LogP contribution is 2.21. The third-order valence-electron chi connectivity index (χ3n) is 3.64. The predicted molar refractivity (Wildman–Crippen MR) is 77.9 cm³/mol. The van der Waals surface area contributed by atoms with E-state index in [1.54, 1.807) is 0 Å². The lowest BCUT2D eigenvalue weighted by atomic mass is 9.93. The van der Waals surface area contributed by atoms with Gasteiger partial charge in [0.25, 0.3) is 0 Å². The van der Waals surface area contributed by atoms with Crippen molar-refractivity contribution in [3.8, 4) is 5.75 Å². The molecule has 2 N–H and O–H groups in total. The number of benzene rings is 1. The molecule has 0 amide bonds. The van der Waals surface area contributed by atoms with Gasteiger partial charge in [-0.05, 0) is 43.5 Å². The largest absolute Gasteiger partial charge is 0.492 e. The SMILES string of the molecule is Cc1cc(OCCN[C@H]2CCCC[C@@H]2O)ccc1Cl. The van der Waals surface area contributed by atoms with Crippen LogP contribution >= 0.6 is 11.6 Å². The zero-order chi connectivity index (χ0) is 13.7. The average Bonchev–Trinajstić information content (AvgIpc) is 2.40. The zero-order valence-electron chi connectivity index (χ0n) is 11.4.